The van der Waals surface area contributed by atoms with Crippen LogP contribution in [0, 0.1) is 6.92 Å². The van der Waals surface area contributed by atoms with Gasteiger partial charge in [-0.1, -0.05) is 23.4 Å². The standard InChI is InChI=1S/C17H18N4O4S/c1-12-11-15(20-25-12)19-16(22)8-10-21(26(2,23)24)14-7-3-5-13-6-4-9-18-17(13)14/h3-7,9,11H,8,10H2,1-2H3,(H,19,20,22). The Labute approximate surface area is 150 Å². The van der Waals surface area contributed by atoms with E-state index < -0.39 is 10.0 Å². The molecule has 0 fully saturated rings. The first-order chi connectivity index (χ1) is 12.3. The summed E-state index contributed by atoms with van der Waals surface area (Å²) in [5.41, 5.74) is 1.00. The molecule has 1 N–H and O–H groups in total. The maximum absolute atomic E-state index is 12.3. The summed E-state index contributed by atoms with van der Waals surface area (Å²) in [5, 5.41) is 7.08. The molecule has 1 amide bonds. The van der Waals surface area contributed by atoms with Crippen molar-refractivity contribution in [1.29, 1.82) is 0 Å². The van der Waals surface area contributed by atoms with Crippen molar-refractivity contribution in [3.8, 4) is 0 Å². The highest BCUT2D eigenvalue weighted by Crippen LogP contribution is 2.26. The topological polar surface area (TPSA) is 105 Å². The minimum absolute atomic E-state index is 0.0167. The van der Waals surface area contributed by atoms with Gasteiger partial charge in [0, 0.05) is 30.6 Å². The molecule has 0 saturated heterocycles. The largest absolute Gasteiger partial charge is 0.360 e. The number of aryl methyl sites for hydroxylation is 1. The third kappa shape index (κ3) is 3.99. The number of benzene rings is 1. The fraction of sp³-hybridized carbons (Fsp3) is 0.235. The number of hydrogen-bond donors (Lipinski definition) is 1. The molecule has 2 aromatic heterocycles. The number of anilines is 2. The van der Waals surface area contributed by atoms with E-state index in [2.05, 4.69) is 15.5 Å². The smallest absolute Gasteiger partial charge is 0.232 e. The van der Waals surface area contributed by atoms with E-state index in [-0.39, 0.29) is 18.9 Å². The van der Waals surface area contributed by atoms with Gasteiger partial charge in [0.05, 0.1) is 17.5 Å². The molecule has 8 nitrogen and oxygen atoms in total. The van der Waals surface area contributed by atoms with Crippen molar-refractivity contribution in [3.63, 3.8) is 0 Å². The zero-order valence-corrected chi connectivity index (χ0v) is 15.2. The van der Waals surface area contributed by atoms with Crippen molar-refractivity contribution >= 4 is 38.3 Å². The van der Waals surface area contributed by atoms with Gasteiger partial charge >= 0.3 is 0 Å². The first-order valence-electron chi connectivity index (χ1n) is 7.89. The van der Waals surface area contributed by atoms with Crippen LogP contribution in [0.25, 0.3) is 10.9 Å². The highest BCUT2D eigenvalue weighted by Gasteiger charge is 2.21. The normalized spacial score (nSPS) is 11.5. The van der Waals surface area contributed by atoms with E-state index in [9.17, 15) is 13.2 Å². The van der Waals surface area contributed by atoms with Crippen molar-refractivity contribution in [2.24, 2.45) is 0 Å². The second-order valence-electron chi connectivity index (χ2n) is 5.81. The second kappa shape index (κ2) is 7.12. The minimum atomic E-state index is -3.59. The van der Waals surface area contributed by atoms with Crippen molar-refractivity contribution in [3.05, 3.63) is 48.4 Å². The lowest BCUT2D eigenvalue weighted by atomic mass is 10.2. The molecule has 0 atom stereocenters. The molecule has 2 heterocycles. The summed E-state index contributed by atoms with van der Waals surface area (Å²) in [6.45, 7) is 1.69. The maximum atomic E-state index is 12.3. The molecule has 0 aliphatic carbocycles. The number of pyridine rings is 1. The van der Waals surface area contributed by atoms with E-state index in [4.69, 9.17) is 4.52 Å². The molecule has 0 radical (unpaired) electrons. The molecule has 0 aliphatic heterocycles. The third-order valence-electron chi connectivity index (χ3n) is 3.72. The minimum Gasteiger partial charge on any atom is -0.360 e. The zero-order chi connectivity index (χ0) is 18.7. The van der Waals surface area contributed by atoms with Crippen LogP contribution in [0.5, 0.6) is 0 Å². The summed E-state index contributed by atoms with van der Waals surface area (Å²) in [6.07, 6.45) is 2.67. The Hall–Kier alpha value is -2.94. The summed E-state index contributed by atoms with van der Waals surface area (Å²) in [6, 6.07) is 10.5. The number of aromatic nitrogens is 2. The molecule has 0 aliphatic rings. The van der Waals surface area contributed by atoms with Crippen molar-refractivity contribution in [1.82, 2.24) is 10.1 Å². The predicted octanol–water partition coefficient (Wildman–Crippen LogP) is 2.33. The Morgan fingerprint density at radius 2 is 2.04 bits per heavy atom. The van der Waals surface area contributed by atoms with Gasteiger partial charge in [0.25, 0.3) is 0 Å². The van der Waals surface area contributed by atoms with E-state index in [1.165, 1.54) is 4.31 Å². The zero-order valence-electron chi connectivity index (χ0n) is 14.3. The van der Waals surface area contributed by atoms with Crippen molar-refractivity contribution in [2.45, 2.75) is 13.3 Å². The van der Waals surface area contributed by atoms with E-state index >= 15 is 0 Å². The van der Waals surface area contributed by atoms with Gasteiger partial charge in [0.15, 0.2) is 5.82 Å². The monoisotopic (exact) mass is 374 g/mol. The number of nitrogens with one attached hydrogen (secondary N) is 1. The number of carbonyl (C=O) groups excluding carboxylic acids is 1. The van der Waals surface area contributed by atoms with E-state index in [1.807, 2.05) is 12.1 Å². The average molecular weight is 374 g/mol. The van der Waals surface area contributed by atoms with Gasteiger partial charge in [0.2, 0.25) is 15.9 Å². The molecule has 26 heavy (non-hydrogen) atoms. The summed E-state index contributed by atoms with van der Waals surface area (Å²) in [7, 11) is -3.59. The van der Waals surface area contributed by atoms with Gasteiger partial charge in [-0.3, -0.25) is 14.1 Å². The Balaban J connectivity index is 1.82. The number of rotatable bonds is 6. The van der Waals surface area contributed by atoms with Crippen molar-refractivity contribution < 1.29 is 17.7 Å². The number of para-hydroxylation sites is 1. The number of hydrogen-bond acceptors (Lipinski definition) is 6. The van der Waals surface area contributed by atoms with E-state index in [1.54, 1.807) is 37.4 Å². The Morgan fingerprint density at radius 1 is 1.27 bits per heavy atom. The van der Waals surface area contributed by atoms with Crippen LogP contribution in [0.4, 0.5) is 11.5 Å². The van der Waals surface area contributed by atoms with Gasteiger partial charge in [-0.25, -0.2) is 8.42 Å². The molecule has 3 rings (SSSR count). The van der Waals surface area contributed by atoms with Gasteiger partial charge in [-0.15, -0.1) is 0 Å². The fourth-order valence-electron chi connectivity index (χ4n) is 2.59. The molecular weight excluding hydrogens is 356 g/mol. The van der Waals surface area contributed by atoms with Crippen LogP contribution < -0.4 is 9.62 Å². The molecule has 0 bridgehead atoms. The Kier molecular flexibility index (Phi) is 4.90. The van der Waals surface area contributed by atoms with Crippen LogP contribution in [-0.2, 0) is 14.8 Å². The number of fused-ring (bicyclic) bond motifs is 1. The third-order valence-corrected chi connectivity index (χ3v) is 4.90. The summed E-state index contributed by atoms with van der Waals surface area (Å²) in [4.78, 5) is 16.4. The quantitative estimate of drug-likeness (QED) is 0.710. The SMILES string of the molecule is Cc1cc(NC(=O)CCN(c2cccc3cccnc23)S(C)(=O)=O)no1. The Bertz CT molecular complexity index is 1040. The van der Waals surface area contributed by atoms with Crippen LogP contribution in [0.2, 0.25) is 0 Å². The average Bonchev–Trinajstić information content (AvgIpc) is 2.99. The first kappa shape index (κ1) is 17.9. The van der Waals surface area contributed by atoms with Crippen LogP contribution in [0.3, 0.4) is 0 Å². The van der Waals surface area contributed by atoms with Crippen LogP contribution in [0.1, 0.15) is 12.2 Å². The fourth-order valence-corrected chi connectivity index (χ4v) is 3.52. The van der Waals surface area contributed by atoms with E-state index in [0.717, 1.165) is 11.6 Å². The molecular formula is C17H18N4O4S. The molecule has 1 aromatic carbocycles. The molecule has 136 valence electrons. The lowest BCUT2D eigenvalue weighted by molar-refractivity contribution is -0.116. The molecule has 0 spiro atoms. The number of sulfonamides is 1. The molecule has 9 heteroatoms. The van der Waals surface area contributed by atoms with Crippen LogP contribution in [0.15, 0.2) is 47.1 Å². The van der Waals surface area contributed by atoms with Crippen LogP contribution in [-0.4, -0.2) is 37.3 Å². The summed E-state index contributed by atoms with van der Waals surface area (Å²) >= 11 is 0. The number of carbonyl (C=O) groups is 1. The first-order valence-corrected chi connectivity index (χ1v) is 9.74. The van der Waals surface area contributed by atoms with Crippen molar-refractivity contribution in [2.75, 3.05) is 22.4 Å². The van der Waals surface area contributed by atoms with E-state index in [0.29, 0.717) is 22.8 Å². The lowest BCUT2D eigenvalue weighted by Gasteiger charge is -2.23. The number of amides is 1. The van der Waals surface area contributed by atoms with Gasteiger partial charge < -0.3 is 9.84 Å². The second-order valence-corrected chi connectivity index (χ2v) is 7.72. The van der Waals surface area contributed by atoms with Crippen LogP contribution >= 0.6 is 0 Å². The lowest BCUT2D eigenvalue weighted by Crippen LogP contribution is -2.33. The highest BCUT2D eigenvalue weighted by atomic mass is 32.2. The number of nitrogens with zero attached hydrogens (tertiary/aromatic N) is 3. The molecule has 0 saturated carbocycles. The van der Waals surface area contributed by atoms with Gasteiger partial charge in [-0.05, 0) is 19.1 Å². The highest BCUT2D eigenvalue weighted by molar-refractivity contribution is 7.92. The van der Waals surface area contributed by atoms with Gasteiger partial charge in [-0.2, -0.15) is 0 Å². The Morgan fingerprint density at radius 3 is 2.73 bits per heavy atom. The molecule has 0 unspecified atom stereocenters. The predicted molar refractivity (Wildman–Crippen MR) is 98.4 cm³/mol. The maximum Gasteiger partial charge on any atom is 0.232 e. The summed E-state index contributed by atoms with van der Waals surface area (Å²) in [5.74, 6) is 0.505. The molecule has 3 aromatic rings. The van der Waals surface area contributed by atoms with Gasteiger partial charge in [0.1, 0.15) is 5.76 Å². The summed E-state index contributed by atoms with van der Waals surface area (Å²) < 4.78 is 30.7.